The van der Waals surface area contributed by atoms with E-state index in [1.807, 2.05) is 17.9 Å². The monoisotopic (exact) mass is 399 g/mol. The molecule has 1 amide bonds. The van der Waals surface area contributed by atoms with Crippen LogP contribution >= 0.6 is 12.4 Å². The number of fused-ring (bicyclic) bond motifs is 1. The predicted molar refractivity (Wildman–Crippen MR) is 104 cm³/mol. The summed E-state index contributed by atoms with van der Waals surface area (Å²) in [6.07, 6.45) is 2.83. The summed E-state index contributed by atoms with van der Waals surface area (Å²) in [7, 11) is -3.20. The molecule has 0 spiro atoms. The Bertz CT molecular complexity index is 814. The Balaban J connectivity index is 0.00000196. The van der Waals surface area contributed by atoms with E-state index in [2.05, 4.69) is 0 Å². The highest BCUT2D eigenvalue weighted by atomic mass is 35.5. The lowest BCUT2D eigenvalue weighted by molar-refractivity contribution is 0.0779. The molecular weight excluding hydrogens is 374 g/mol. The number of nitrogens with zero attached hydrogens (tertiary/aromatic N) is 2. The van der Waals surface area contributed by atoms with Crippen LogP contribution in [0.15, 0.2) is 18.2 Å². The molecule has 1 saturated carbocycles. The third-order valence-corrected chi connectivity index (χ3v) is 7.90. The van der Waals surface area contributed by atoms with Gasteiger partial charge in [0.15, 0.2) is 0 Å². The van der Waals surface area contributed by atoms with Crippen LogP contribution in [0.4, 0.5) is 5.69 Å². The van der Waals surface area contributed by atoms with E-state index in [1.165, 1.54) is 4.31 Å². The van der Waals surface area contributed by atoms with Crippen molar-refractivity contribution in [1.29, 1.82) is 0 Å². The first-order valence-corrected chi connectivity index (χ1v) is 10.6. The first-order valence-electron chi connectivity index (χ1n) is 9.03. The van der Waals surface area contributed by atoms with Gasteiger partial charge in [-0.05, 0) is 61.8 Å². The van der Waals surface area contributed by atoms with Crippen molar-refractivity contribution in [1.82, 2.24) is 4.90 Å². The van der Waals surface area contributed by atoms with Crippen molar-refractivity contribution in [2.24, 2.45) is 17.6 Å². The summed E-state index contributed by atoms with van der Waals surface area (Å²) in [4.78, 5) is 14.8. The van der Waals surface area contributed by atoms with E-state index in [0.29, 0.717) is 36.1 Å². The summed E-state index contributed by atoms with van der Waals surface area (Å²) in [6, 6.07) is 5.56. The molecule has 3 atom stereocenters. The highest BCUT2D eigenvalue weighted by Crippen LogP contribution is 2.38. The van der Waals surface area contributed by atoms with Crippen molar-refractivity contribution < 1.29 is 13.2 Å². The first-order chi connectivity index (χ1) is 11.9. The molecule has 3 unspecified atom stereocenters. The van der Waals surface area contributed by atoms with Gasteiger partial charge in [0.05, 0.1) is 11.4 Å². The number of carbonyl (C=O) groups is 1. The molecule has 1 aromatic rings. The third-order valence-electron chi connectivity index (χ3n) is 6.03. The molecule has 3 fully saturated rings. The van der Waals surface area contributed by atoms with Crippen LogP contribution in [-0.2, 0) is 10.0 Å². The Labute approximate surface area is 161 Å². The second kappa shape index (κ2) is 7.02. The Morgan fingerprint density at radius 3 is 2.62 bits per heavy atom. The van der Waals surface area contributed by atoms with Gasteiger partial charge in [-0.2, -0.15) is 0 Å². The molecule has 2 heterocycles. The zero-order chi connectivity index (χ0) is 17.8. The van der Waals surface area contributed by atoms with E-state index in [0.717, 1.165) is 31.5 Å². The average molecular weight is 400 g/mol. The number of benzene rings is 1. The minimum atomic E-state index is -3.20. The molecule has 26 heavy (non-hydrogen) atoms. The number of hydrogen-bond donors (Lipinski definition) is 1. The zero-order valence-electron chi connectivity index (χ0n) is 14.9. The van der Waals surface area contributed by atoms with Crippen molar-refractivity contribution in [3.05, 3.63) is 29.3 Å². The lowest BCUT2D eigenvalue weighted by Crippen LogP contribution is -2.34. The number of likely N-dealkylation sites (tertiary alicyclic amines) is 1. The van der Waals surface area contributed by atoms with Crippen LogP contribution in [0.25, 0.3) is 0 Å². The molecule has 0 bridgehead atoms. The topological polar surface area (TPSA) is 83.7 Å². The standard InChI is InChI=1S/C18H25N3O3S.ClH/c1-12-9-14(21-7-2-8-25(21,23)24)4-5-15(12)18(22)20-10-13-3-6-17(19)16(13)11-20;/h4-5,9,13,16-17H,2-3,6-8,10-11,19H2,1H3;1H. The van der Waals surface area contributed by atoms with E-state index in [9.17, 15) is 13.2 Å². The zero-order valence-corrected chi connectivity index (χ0v) is 16.6. The van der Waals surface area contributed by atoms with E-state index >= 15 is 0 Å². The summed E-state index contributed by atoms with van der Waals surface area (Å²) in [5, 5.41) is 0. The molecule has 6 nitrogen and oxygen atoms in total. The lowest BCUT2D eigenvalue weighted by atomic mass is 9.98. The number of carbonyl (C=O) groups excluding carboxylic acids is 1. The fraction of sp³-hybridized carbons (Fsp3) is 0.611. The summed E-state index contributed by atoms with van der Waals surface area (Å²) >= 11 is 0. The normalized spacial score (nSPS) is 29.5. The average Bonchev–Trinajstić information content (AvgIpc) is 3.22. The Kier molecular flexibility index (Phi) is 5.25. The van der Waals surface area contributed by atoms with Gasteiger partial charge in [0.2, 0.25) is 10.0 Å². The smallest absolute Gasteiger partial charge is 0.254 e. The molecule has 3 aliphatic rings. The van der Waals surface area contributed by atoms with Gasteiger partial charge >= 0.3 is 0 Å². The van der Waals surface area contributed by atoms with Gasteiger partial charge in [0.1, 0.15) is 0 Å². The molecule has 0 radical (unpaired) electrons. The number of halogens is 1. The predicted octanol–water partition coefficient (Wildman–Crippen LogP) is 1.77. The maximum Gasteiger partial charge on any atom is 0.254 e. The lowest BCUT2D eigenvalue weighted by Gasteiger charge is -2.22. The molecule has 1 aliphatic carbocycles. The van der Waals surface area contributed by atoms with Gasteiger partial charge in [-0.15, -0.1) is 12.4 Å². The molecular formula is C18H26ClN3O3S. The minimum absolute atomic E-state index is 0. The van der Waals surface area contributed by atoms with Crippen LogP contribution in [0.1, 0.15) is 35.2 Å². The number of sulfonamides is 1. The second-order valence-electron chi connectivity index (χ2n) is 7.62. The molecule has 0 aromatic heterocycles. The number of amides is 1. The van der Waals surface area contributed by atoms with Crippen molar-refractivity contribution in [3.8, 4) is 0 Å². The van der Waals surface area contributed by atoms with Crippen LogP contribution in [0.5, 0.6) is 0 Å². The first kappa shape index (κ1) is 19.5. The van der Waals surface area contributed by atoms with Gasteiger partial charge in [-0.3, -0.25) is 9.10 Å². The van der Waals surface area contributed by atoms with E-state index in [-0.39, 0.29) is 30.1 Å². The summed E-state index contributed by atoms with van der Waals surface area (Å²) < 4.78 is 25.6. The number of aryl methyl sites for hydroxylation is 1. The van der Waals surface area contributed by atoms with E-state index in [4.69, 9.17) is 5.73 Å². The van der Waals surface area contributed by atoms with Crippen molar-refractivity contribution in [2.75, 3.05) is 29.7 Å². The quantitative estimate of drug-likeness (QED) is 0.821. The Morgan fingerprint density at radius 1 is 1.23 bits per heavy atom. The molecule has 8 heteroatoms. The van der Waals surface area contributed by atoms with Gasteiger partial charge in [-0.25, -0.2) is 8.42 Å². The van der Waals surface area contributed by atoms with Crippen molar-refractivity contribution in [3.63, 3.8) is 0 Å². The number of nitrogens with two attached hydrogens (primary N) is 1. The molecule has 1 aromatic carbocycles. The third kappa shape index (κ3) is 3.21. The maximum atomic E-state index is 12.9. The number of anilines is 1. The van der Waals surface area contributed by atoms with E-state index < -0.39 is 10.0 Å². The van der Waals surface area contributed by atoms with Crippen LogP contribution in [-0.4, -0.2) is 50.7 Å². The van der Waals surface area contributed by atoms with Gasteiger partial charge < -0.3 is 10.6 Å². The Hall–Kier alpha value is -1.31. The largest absolute Gasteiger partial charge is 0.338 e. The number of hydrogen-bond acceptors (Lipinski definition) is 4. The maximum absolute atomic E-state index is 12.9. The van der Waals surface area contributed by atoms with Crippen molar-refractivity contribution in [2.45, 2.75) is 32.2 Å². The van der Waals surface area contributed by atoms with E-state index in [1.54, 1.807) is 12.1 Å². The van der Waals surface area contributed by atoms with Gasteiger partial charge in [0.25, 0.3) is 5.91 Å². The molecule has 4 rings (SSSR count). The molecule has 2 saturated heterocycles. The van der Waals surface area contributed by atoms with Crippen molar-refractivity contribution >= 4 is 34.0 Å². The van der Waals surface area contributed by atoms with Gasteiger partial charge in [-0.1, -0.05) is 0 Å². The minimum Gasteiger partial charge on any atom is -0.338 e. The molecule has 144 valence electrons. The Morgan fingerprint density at radius 2 is 2.00 bits per heavy atom. The van der Waals surface area contributed by atoms with Crippen LogP contribution < -0.4 is 10.0 Å². The van der Waals surface area contributed by atoms with Crippen LogP contribution in [0, 0.1) is 18.8 Å². The van der Waals surface area contributed by atoms with Crippen LogP contribution in [0.3, 0.4) is 0 Å². The van der Waals surface area contributed by atoms with Crippen LogP contribution in [0.2, 0.25) is 0 Å². The fourth-order valence-electron chi connectivity index (χ4n) is 4.62. The molecule has 2 aliphatic heterocycles. The molecule has 2 N–H and O–H groups in total. The van der Waals surface area contributed by atoms with Gasteiger partial charge in [0, 0.05) is 31.2 Å². The fourth-order valence-corrected chi connectivity index (χ4v) is 6.17. The SMILES string of the molecule is Cc1cc(N2CCCS2(=O)=O)ccc1C(=O)N1CC2CCC(N)C2C1.Cl. The summed E-state index contributed by atoms with van der Waals surface area (Å²) in [6.45, 7) is 3.93. The second-order valence-corrected chi connectivity index (χ2v) is 9.63. The highest BCUT2D eigenvalue weighted by molar-refractivity contribution is 7.93. The summed E-state index contributed by atoms with van der Waals surface area (Å²) in [5.74, 6) is 1.20. The highest BCUT2D eigenvalue weighted by Gasteiger charge is 2.42. The summed E-state index contributed by atoms with van der Waals surface area (Å²) in [5.41, 5.74) is 8.31. The number of rotatable bonds is 2.